The van der Waals surface area contributed by atoms with Crippen LogP contribution in [0.4, 0.5) is 4.79 Å². The quantitative estimate of drug-likeness (QED) is 0.675. The van der Waals surface area contributed by atoms with E-state index in [-0.39, 0.29) is 23.8 Å². The van der Waals surface area contributed by atoms with Crippen LogP contribution >= 0.6 is 11.3 Å². The Morgan fingerprint density at radius 3 is 2.53 bits per heavy atom. The topological polar surface area (TPSA) is 91.8 Å². The van der Waals surface area contributed by atoms with Crippen LogP contribution in [0, 0.1) is 12.8 Å². The first-order valence-corrected chi connectivity index (χ1v) is 11.7. The number of carbonyl (C=O) groups excluding carboxylic acids is 3. The highest BCUT2D eigenvalue weighted by Gasteiger charge is 2.52. The minimum atomic E-state index is -0.941. The Balaban J connectivity index is 1.36. The van der Waals surface area contributed by atoms with Crippen LogP contribution in [0.5, 0.6) is 5.75 Å². The summed E-state index contributed by atoms with van der Waals surface area (Å²) in [4.78, 5) is 45.9. The van der Waals surface area contributed by atoms with Crippen LogP contribution in [0.1, 0.15) is 40.8 Å². The number of hydrogen-bond acceptors (Lipinski definition) is 6. The number of aryl methyl sites for hydroxylation is 1. The van der Waals surface area contributed by atoms with Crippen LogP contribution in [0.25, 0.3) is 0 Å². The van der Waals surface area contributed by atoms with Crippen LogP contribution in [0.15, 0.2) is 29.6 Å². The fraction of sp³-hybridized carbons (Fsp3) is 0.478. The molecule has 170 valence electrons. The highest BCUT2D eigenvalue weighted by atomic mass is 32.1. The molecule has 0 bridgehead atoms. The van der Waals surface area contributed by atoms with Crippen molar-refractivity contribution in [3.05, 3.63) is 45.9 Å². The molecule has 32 heavy (non-hydrogen) atoms. The summed E-state index contributed by atoms with van der Waals surface area (Å²) >= 11 is 1.46. The van der Waals surface area contributed by atoms with Crippen LogP contribution in [-0.2, 0) is 11.2 Å². The largest absolute Gasteiger partial charge is 0.497 e. The minimum Gasteiger partial charge on any atom is -0.497 e. The summed E-state index contributed by atoms with van der Waals surface area (Å²) in [5, 5.41) is 5.59. The number of methoxy groups -OCH3 is 1. The number of carbonyl (C=O) groups is 3. The first kappa shape index (κ1) is 22.3. The molecule has 1 aromatic heterocycles. The van der Waals surface area contributed by atoms with Crippen molar-refractivity contribution in [3.63, 3.8) is 0 Å². The van der Waals surface area contributed by atoms with Gasteiger partial charge in [0.2, 0.25) is 0 Å². The van der Waals surface area contributed by atoms with E-state index in [0.717, 1.165) is 16.3 Å². The van der Waals surface area contributed by atoms with Crippen LogP contribution in [0.3, 0.4) is 0 Å². The molecule has 1 atom stereocenters. The monoisotopic (exact) mass is 456 g/mol. The molecule has 2 fully saturated rings. The van der Waals surface area contributed by atoms with Gasteiger partial charge in [0.05, 0.1) is 12.1 Å². The van der Waals surface area contributed by atoms with Gasteiger partial charge in [-0.2, -0.15) is 0 Å². The molecular weight excluding hydrogens is 428 g/mol. The standard InChI is InChI=1S/C23H28N4O4S/c1-15-24-19(14-32-15)20(28)26-11-9-17(10-12-26)23(2)21(29)27(22(30)25-23)13-8-16-4-6-18(31-3)7-5-16/h4-7,14,17H,8-13H2,1-3H3,(H,25,30)/t23-/m0/s1. The lowest BCUT2D eigenvalue weighted by Gasteiger charge is -2.38. The molecule has 1 aromatic carbocycles. The number of nitrogens with zero attached hydrogens (tertiary/aromatic N) is 3. The van der Waals surface area contributed by atoms with Gasteiger partial charge < -0.3 is 15.0 Å². The predicted octanol–water partition coefficient (Wildman–Crippen LogP) is 2.87. The number of benzene rings is 1. The third-order valence-corrected chi connectivity index (χ3v) is 7.29. The molecule has 0 radical (unpaired) electrons. The minimum absolute atomic E-state index is 0.0221. The number of likely N-dealkylation sites (tertiary alicyclic amines) is 1. The van der Waals surface area contributed by atoms with E-state index in [1.54, 1.807) is 17.4 Å². The summed E-state index contributed by atoms with van der Waals surface area (Å²) in [6.45, 7) is 5.11. The van der Waals surface area contributed by atoms with E-state index >= 15 is 0 Å². The number of nitrogens with one attached hydrogen (secondary N) is 1. The number of ether oxygens (including phenoxy) is 1. The molecule has 2 saturated heterocycles. The number of amides is 4. The average Bonchev–Trinajstić information content (AvgIpc) is 3.33. The van der Waals surface area contributed by atoms with E-state index < -0.39 is 5.54 Å². The summed E-state index contributed by atoms with van der Waals surface area (Å²) in [7, 11) is 1.61. The molecule has 0 aliphatic carbocycles. The van der Waals surface area contributed by atoms with Crippen molar-refractivity contribution in [1.82, 2.24) is 20.1 Å². The zero-order valence-electron chi connectivity index (χ0n) is 18.6. The zero-order valence-corrected chi connectivity index (χ0v) is 19.4. The molecule has 3 heterocycles. The molecule has 4 amide bonds. The summed E-state index contributed by atoms with van der Waals surface area (Å²) in [6.07, 6.45) is 1.90. The average molecular weight is 457 g/mol. The zero-order chi connectivity index (χ0) is 22.9. The van der Waals surface area contributed by atoms with Crippen molar-refractivity contribution in [1.29, 1.82) is 0 Å². The van der Waals surface area contributed by atoms with Crippen molar-refractivity contribution in [2.24, 2.45) is 5.92 Å². The van der Waals surface area contributed by atoms with Gasteiger partial charge in [-0.05, 0) is 56.7 Å². The number of thiazole rings is 1. The van der Waals surface area contributed by atoms with Gasteiger partial charge in [-0.1, -0.05) is 12.1 Å². The molecule has 2 aliphatic heterocycles. The maximum absolute atomic E-state index is 13.2. The lowest BCUT2D eigenvalue weighted by molar-refractivity contribution is -0.133. The fourth-order valence-electron chi connectivity index (χ4n) is 4.51. The number of urea groups is 1. The molecule has 2 aliphatic rings. The molecule has 0 saturated carbocycles. The molecule has 0 spiro atoms. The fourth-order valence-corrected chi connectivity index (χ4v) is 5.10. The lowest BCUT2D eigenvalue weighted by Crippen LogP contribution is -2.54. The second kappa shape index (κ2) is 8.90. The second-order valence-corrected chi connectivity index (χ2v) is 9.57. The van der Waals surface area contributed by atoms with E-state index in [1.165, 1.54) is 16.2 Å². The maximum Gasteiger partial charge on any atom is 0.325 e. The first-order chi connectivity index (χ1) is 15.3. The van der Waals surface area contributed by atoms with Crippen molar-refractivity contribution < 1.29 is 19.1 Å². The normalized spacial score (nSPS) is 21.7. The summed E-state index contributed by atoms with van der Waals surface area (Å²) < 4.78 is 5.17. The van der Waals surface area contributed by atoms with E-state index in [2.05, 4.69) is 10.3 Å². The second-order valence-electron chi connectivity index (χ2n) is 8.51. The highest BCUT2D eigenvalue weighted by molar-refractivity contribution is 7.09. The SMILES string of the molecule is COc1ccc(CCN2C(=O)N[C@@](C)(C3CCN(C(=O)c4csc(C)n4)CC3)C2=O)cc1. The van der Waals surface area contributed by atoms with Gasteiger partial charge in [0, 0.05) is 25.0 Å². The highest BCUT2D eigenvalue weighted by Crippen LogP contribution is 2.34. The number of aromatic nitrogens is 1. The van der Waals surface area contributed by atoms with Gasteiger partial charge in [0.1, 0.15) is 17.0 Å². The van der Waals surface area contributed by atoms with E-state index in [0.29, 0.717) is 44.6 Å². The van der Waals surface area contributed by atoms with Gasteiger partial charge in [-0.25, -0.2) is 9.78 Å². The van der Waals surface area contributed by atoms with Crippen LogP contribution in [-0.4, -0.2) is 64.9 Å². The lowest BCUT2D eigenvalue weighted by atomic mass is 9.79. The number of rotatable bonds is 6. The smallest absolute Gasteiger partial charge is 0.325 e. The molecule has 8 nitrogen and oxygen atoms in total. The third kappa shape index (κ3) is 4.21. The van der Waals surface area contributed by atoms with Gasteiger partial charge in [-0.3, -0.25) is 14.5 Å². The third-order valence-electron chi connectivity index (χ3n) is 6.52. The van der Waals surface area contributed by atoms with Crippen molar-refractivity contribution in [2.75, 3.05) is 26.7 Å². The molecule has 1 N–H and O–H groups in total. The van der Waals surface area contributed by atoms with Crippen LogP contribution in [0.2, 0.25) is 0 Å². The molecule has 2 aromatic rings. The molecule has 0 unspecified atom stereocenters. The Morgan fingerprint density at radius 2 is 1.94 bits per heavy atom. The number of imide groups is 1. The van der Waals surface area contributed by atoms with Gasteiger partial charge in [0.15, 0.2) is 0 Å². The Bertz CT molecular complexity index is 1010. The van der Waals surface area contributed by atoms with Crippen molar-refractivity contribution >= 4 is 29.2 Å². The Morgan fingerprint density at radius 1 is 1.25 bits per heavy atom. The summed E-state index contributed by atoms with van der Waals surface area (Å²) in [5.41, 5.74) is 0.569. The maximum atomic E-state index is 13.2. The molecular formula is C23H28N4O4S. The molecule has 4 rings (SSSR count). The number of piperidine rings is 1. The van der Waals surface area contributed by atoms with Gasteiger partial charge in [-0.15, -0.1) is 11.3 Å². The Hall–Kier alpha value is -2.94. The number of hydrogen-bond donors (Lipinski definition) is 1. The Labute approximate surface area is 191 Å². The van der Waals surface area contributed by atoms with Gasteiger partial charge >= 0.3 is 6.03 Å². The van der Waals surface area contributed by atoms with Crippen molar-refractivity contribution in [3.8, 4) is 5.75 Å². The Kier molecular flexibility index (Phi) is 6.19. The summed E-state index contributed by atoms with van der Waals surface area (Å²) in [6, 6.07) is 7.27. The predicted molar refractivity (Wildman–Crippen MR) is 121 cm³/mol. The first-order valence-electron chi connectivity index (χ1n) is 10.8. The summed E-state index contributed by atoms with van der Waals surface area (Å²) in [5.74, 6) is 0.494. The van der Waals surface area contributed by atoms with Gasteiger partial charge in [0.25, 0.3) is 11.8 Å². The van der Waals surface area contributed by atoms with E-state index in [9.17, 15) is 14.4 Å². The molecule has 9 heteroatoms. The van der Waals surface area contributed by atoms with E-state index in [1.807, 2.05) is 38.1 Å². The van der Waals surface area contributed by atoms with Crippen LogP contribution < -0.4 is 10.1 Å². The van der Waals surface area contributed by atoms with Crippen molar-refractivity contribution in [2.45, 2.75) is 38.6 Å². The van der Waals surface area contributed by atoms with E-state index in [4.69, 9.17) is 4.74 Å².